The molecule has 0 aliphatic carbocycles. The number of hydrogen-bond donors (Lipinski definition) is 1. The van der Waals surface area contributed by atoms with Gasteiger partial charge in [0.25, 0.3) is 0 Å². The highest BCUT2D eigenvalue weighted by atomic mass is 16.5. The zero-order valence-corrected chi connectivity index (χ0v) is 20.6. The Kier molecular flexibility index (Phi) is 8.72. The van der Waals surface area contributed by atoms with Gasteiger partial charge in [-0.3, -0.25) is 9.69 Å². The summed E-state index contributed by atoms with van der Waals surface area (Å²) < 4.78 is 11.6. The zero-order valence-electron chi connectivity index (χ0n) is 20.6. The van der Waals surface area contributed by atoms with Gasteiger partial charge in [0.05, 0.1) is 13.5 Å². The summed E-state index contributed by atoms with van der Waals surface area (Å²) in [6, 6.07) is 24.5. The van der Waals surface area contributed by atoms with Crippen LogP contribution in [0, 0.1) is 0 Å². The van der Waals surface area contributed by atoms with Gasteiger partial charge in [0, 0.05) is 19.6 Å². The second-order valence-corrected chi connectivity index (χ2v) is 9.56. The third-order valence-electron chi connectivity index (χ3n) is 5.74. The number of methoxy groups -OCH3 is 1. The van der Waals surface area contributed by atoms with Crippen LogP contribution in [0.2, 0.25) is 0 Å². The lowest BCUT2D eigenvalue weighted by atomic mass is 9.87. The van der Waals surface area contributed by atoms with E-state index in [1.807, 2.05) is 48.5 Å². The maximum absolute atomic E-state index is 11.2. The van der Waals surface area contributed by atoms with Crippen molar-refractivity contribution in [2.75, 3.05) is 13.7 Å². The Labute approximate surface area is 203 Å². The lowest BCUT2D eigenvalue weighted by Crippen LogP contribution is -2.25. The molecule has 0 bridgehead atoms. The molecule has 0 aliphatic heterocycles. The molecule has 180 valence electrons. The van der Waals surface area contributed by atoms with Crippen molar-refractivity contribution in [2.24, 2.45) is 0 Å². The van der Waals surface area contributed by atoms with Gasteiger partial charge in [-0.25, -0.2) is 0 Å². The van der Waals surface area contributed by atoms with Crippen LogP contribution in [0.1, 0.15) is 49.4 Å². The summed E-state index contributed by atoms with van der Waals surface area (Å²) >= 11 is 0. The van der Waals surface area contributed by atoms with Gasteiger partial charge >= 0.3 is 5.97 Å². The maximum atomic E-state index is 11.2. The second kappa shape index (κ2) is 11.7. The highest BCUT2D eigenvalue weighted by Gasteiger charge is 2.15. The summed E-state index contributed by atoms with van der Waals surface area (Å²) in [7, 11) is 1.63. The van der Waals surface area contributed by atoms with E-state index in [4.69, 9.17) is 9.47 Å². The fraction of sp³-hybridized carbons (Fsp3) is 0.345. The Morgan fingerprint density at radius 2 is 1.50 bits per heavy atom. The molecular formula is C29H35NO4. The Bertz CT molecular complexity index is 1060. The van der Waals surface area contributed by atoms with Crippen LogP contribution in [-0.4, -0.2) is 29.6 Å². The Morgan fingerprint density at radius 1 is 0.853 bits per heavy atom. The molecule has 3 aromatic rings. The van der Waals surface area contributed by atoms with E-state index >= 15 is 0 Å². The van der Waals surface area contributed by atoms with Crippen molar-refractivity contribution in [3.8, 4) is 11.5 Å². The van der Waals surface area contributed by atoms with Crippen molar-refractivity contribution < 1.29 is 19.4 Å². The van der Waals surface area contributed by atoms with E-state index in [9.17, 15) is 9.90 Å². The van der Waals surface area contributed by atoms with Crippen LogP contribution in [0.5, 0.6) is 11.5 Å². The molecule has 3 aromatic carbocycles. The van der Waals surface area contributed by atoms with Crippen molar-refractivity contribution in [1.82, 2.24) is 4.90 Å². The summed E-state index contributed by atoms with van der Waals surface area (Å²) in [5.74, 6) is 0.557. The second-order valence-electron chi connectivity index (χ2n) is 9.56. The number of hydrogen-bond acceptors (Lipinski definition) is 4. The molecule has 0 fully saturated rings. The maximum Gasteiger partial charge on any atom is 0.304 e. The van der Waals surface area contributed by atoms with Gasteiger partial charge in [-0.15, -0.1) is 0 Å². The summed E-state index contributed by atoms with van der Waals surface area (Å²) in [4.78, 5) is 13.4. The molecule has 0 saturated carbocycles. The Morgan fingerprint density at radius 3 is 2.12 bits per heavy atom. The van der Waals surface area contributed by atoms with E-state index in [0.29, 0.717) is 37.7 Å². The lowest BCUT2D eigenvalue weighted by molar-refractivity contribution is -0.137. The van der Waals surface area contributed by atoms with Crippen LogP contribution in [-0.2, 0) is 29.9 Å². The van der Waals surface area contributed by atoms with Crippen LogP contribution in [0.4, 0.5) is 0 Å². The molecule has 5 heteroatoms. The molecule has 3 rings (SSSR count). The van der Waals surface area contributed by atoms with E-state index < -0.39 is 5.97 Å². The number of nitrogens with zero attached hydrogens (tertiary/aromatic N) is 1. The Hall–Kier alpha value is -3.31. The number of carboxylic acid groups (broad SMARTS) is 1. The van der Waals surface area contributed by atoms with Crippen LogP contribution in [0.25, 0.3) is 0 Å². The first-order valence-corrected chi connectivity index (χ1v) is 11.6. The fourth-order valence-electron chi connectivity index (χ4n) is 3.76. The minimum absolute atomic E-state index is 0.0927. The largest absolute Gasteiger partial charge is 0.493 e. The van der Waals surface area contributed by atoms with Gasteiger partial charge in [-0.05, 0) is 39.8 Å². The molecule has 0 saturated heterocycles. The predicted molar refractivity (Wildman–Crippen MR) is 135 cm³/mol. The van der Waals surface area contributed by atoms with Gasteiger partial charge in [0.2, 0.25) is 0 Å². The summed E-state index contributed by atoms with van der Waals surface area (Å²) in [5.41, 5.74) is 4.67. The van der Waals surface area contributed by atoms with Crippen molar-refractivity contribution >= 4 is 5.97 Å². The average molecular weight is 462 g/mol. The summed E-state index contributed by atoms with van der Waals surface area (Å²) in [6.07, 6.45) is 0.0927. The molecule has 1 N–H and O–H groups in total. The van der Waals surface area contributed by atoms with Crippen molar-refractivity contribution in [3.63, 3.8) is 0 Å². The van der Waals surface area contributed by atoms with Crippen LogP contribution in [0.3, 0.4) is 0 Å². The number of carboxylic acids is 1. The quantitative estimate of drug-likeness (QED) is 0.377. The molecule has 0 aliphatic rings. The molecular weight excluding hydrogens is 426 g/mol. The van der Waals surface area contributed by atoms with Gasteiger partial charge in [0.15, 0.2) is 11.5 Å². The van der Waals surface area contributed by atoms with E-state index in [-0.39, 0.29) is 11.8 Å². The average Bonchev–Trinajstić information content (AvgIpc) is 2.82. The molecule has 5 nitrogen and oxygen atoms in total. The van der Waals surface area contributed by atoms with Gasteiger partial charge in [-0.1, -0.05) is 81.4 Å². The van der Waals surface area contributed by atoms with Gasteiger partial charge < -0.3 is 14.6 Å². The number of carbonyl (C=O) groups is 1. The number of rotatable bonds is 11. The van der Waals surface area contributed by atoms with Gasteiger partial charge in [-0.2, -0.15) is 0 Å². The predicted octanol–water partition coefficient (Wildman–Crippen LogP) is 6.05. The number of benzene rings is 3. The summed E-state index contributed by atoms with van der Waals surface area (Å²) in [6.45, 7) is 8.80. The zero-order chi connectivity index (χ0) is 24.6. The molecule has 0 heterocycles. The SMILES string of the molecule is COc1cc(CN(CCC(=O)O)Cc2ccc(C(C)(C)C)cc2)ccc1OCc1ccccc1. The topological polar surface area (TPSA) is 59.0 Å². The van der Waals surface area contributed by atoms with Crippen LogP contribution < -0.4 is 9.47 Å². The third kappa shape index (κ3) is 7.63. The first kappa shape index (κ1) is 25.3. The third-order valence-corrected chi connectivity index (χ3v) is 5.74. The monoisotopic (exact) mass is 461 g/mol. The molecule has 0 unspecified atom stereocenters. The minimum atomic E-state index is -0.796. The highest BCUT2D eigenvalue weighted by Crippen LogP contribution is 2.30. The molecule has 34 heavy (non-hydrogen) atoms. The first-order chi connectivity index (χ1) is 16.2. The number of aliphatic carboxylic acids is 1. The summed E-state index contributed by atoms with van der Waals surface area (Å²) in [5, 5.41) is 9.23. The smallest absolute Gasteiger partial charge is 0.304 e. The Balaban J connectivity index is 1.71. The number of ether oxygens (including phenoxy) is 2. The molecule has 0 spiro atoms. The van der Waals surface area contributed by atoms with Crippen LogP contribution >= 0.6 is 0 Å². The standard InChI is InChI=1S/C29H35NO4/c1-29(2,3)25-13-10-22(11-14-25)19-30(17-16-28(31)32)20-24-12-15-26(27(18-24)33-4)34-21-23-8-6-5-7-9-23/h5-15,18H,16-17,19-21H2,1-4H3,(H,31,32). The van der Waals surface area contributed by atoms with E-state index in [0.717, 1.165) is 16.7 Å². The first-order valence-electron chi connectivity index (χ1n) is 11.6. The van der Waals surface area contributed by atoms with Crippen molar-refractivity contribution in [2.45, 2.75) is 52.3 Å². The van der Waals surface area contributed by atoms with Gasteiger partial charge in [0.1, 0.15) is 6.61 Å². The molecule has 0 aromatic heterocycles. The van der Waals surface area contributed by atoms with E-state index in [1.165, 1.54) is 5.56 Å². The van der Waals surface area contributed by atoms with Crippen molar-refractivity contribution in [1.29, 1.82) is 0 Å². The fourth-order valence-corrected chi connectivity index (χ4v) is 3.76. The van der Waals surface area contributed by atoms with Crippen molar-refractivity contribution in [3.05, 3.63) is 95.1 Å². The molecule has 0 atom stereocenters. The molecule has 0 amide bonds. The van der Waals surface area contributed by atoms with Crippen LogP contribution in [0.15, 0.2) is 72.8 Å². The normalized spacial score (nSPS) is 11.4. The van der Waals surface area contributed by atoms with E-state index in [2.05, 4.69) is 49.9 Å². The van der Waals surface area contributed by atoms with E-state index in [1.54, 1.807) is 7.11 Å². The highest BCUT2D eigenvalue weighted by molar-refractivity contribution is 5.66. The molecule has 0 radical (unpaired) electrons. The minimum Gasteiger partial charge on any atom is -0.493 e. The lowest BCUT2D eigenvalue weighted by Gasteiger charge is -2.24.